The van der Waals surface area contributed by atoms with Gasteiger partial charge in [-0.15, -0.1) is 11.8 Å². The average Bonchev–Trinajstić information content (AvgIpc) is 2.80. The summed E-state index contributed by atoms with van der Waals surface area (Å²) in [7, 11) is 0. The largest absolute Gasteiger partial charge is 0.325 e. The molecule has 7 nitrogen and oxygen atoms in total. The third-order valence-corrected chi connectivity index (χ3v) is 6.64. The molecule has 0 spiro atoms. The minimum atomic E-state index is -0.554. The fourth-order valence-corrected chi connectivity index (χ4v) is 4.21. The predicted molar refractivity (Wildman–Crippen MR) is 133 cm³/mol. The normalized spacial score (nSPS) is 11.5. The van der Waals surface area contributed by atoms with E-state index >= 15 is 0 Å². The number of hydrogen-bond donors (Lipinski definition) is 2. The van der Waals surface area contributed by atoms with Crippen LogP contribution in [0.1, 0.15) is 23.7 Å². The van der Waals surface area contributed by atoms with Gasteiger partial charge in [0.15, 0.2) is 0 Å². The van der Waals surface area contributed by atoms with Crippen LogP contribution in [0.5, 0.6) is 0 Å². The van der Waals surface area contributed by atoms with Crippen molar-refractivity contribution in [2.75, 3.05) is 10.6 Å². The topological polar surface area (TPSA) is 101 Å². The van der Waals surface area contributed by atoms with Crippen LogP contribution in [0.2, 0.25) is 10.0 Å². The zero-order chi connectivity index (χ0) is 24.0. The third-order valence-electron chi connectivity index (χ3n) is 4.54. The van der Waals surface area contributed by atoms with Gasteiger partial charge < -0.3 is 10.6 Å². The van der Waals surface area contributed by atoms with Crippen LogP contribution in [0, 0.1) is 10.1 Å². The minimum Gasteiger partial charge on any atom is -0.325 e. The maximum absolute atomic E-state index is 12.7. The molecule has 0 aliphatic heterocycles. The van der Waals surface area contributed by atoms with Crippen LogP contribution >= 0.6 is 35.0 Å². The molecule has 10 heteroatoms. The van der Waals surface area contributed by atoms with Gasteiger partial charge in [0, 0.05) is 34.0 Å². The average molecular weight is 504 g/mol. The lowest BCUT2D eigenvalue weighted by Gasteiger charge is -2.16. The Morgan fingerprint density at radius 2 is 1.70 bits per heavy atom. The van der Waals surface area contributed by atoms with Gasteiger partial charge in [0.1, 0.15) is 0 Å². The Bertz CT molecular complexity index is 1210. The van der Waals surface area contributed by atoms with E-state index in [-0.39, 0.29) is 22.4 Å². The quantitative estimate of drug-likeness (QED) is 0.203. The Balaban J connectivity index is 1.68. The van der Waals surface area contributed by atoms with Crippen molar-refractivity contribution in [3.63, 3.8) is 0 Å². The van der Waals surface area contributed by atoms with E-state index in [1.807, 2.05) is 13.0 Å². The monoisotopic (exact) mass is 503 g/mol. The summed E-state index contributed by atoms with van der Waals surface area (Å²) < 4.78 is 0. The van der Waals surface area contributed by atoms with E-state index in [2.05, 4.69) is 10.6 Å². The van der Waals surface area contributed by atoms with Crippen molar-refractivity contribution in [2.45, 2.75) is 23.5 Å². The van der Waals surface area contributed by atoms with Crippen molar-refractivity contribution in [3.8, 4) is 0 Å². The van der Waals surface area contributed by atoms with Crippen molar-refractivity contribution in [1.29, 1.82) is 0 Å². The molecule has 2 N–H and O–H groups in total. The number of nitro benzene ring substituents is 1. The number of non-ortho nitro benzene ring substituents is 1. The van der Waals surface area contributed by atoms with Crippen LogP contribution in [-0.2, 0) is 4.79 Å². The van der Waals surface area contributed by atoms with Crippen LogP contribution < -0.4 is 10.6 Å². The molecule has 0 fully saturated rings. The van der Waals surface area contributed by atoms with Gasteiger partial charge in [0.05, 0.1) is 20.2 Å². The van der Waals surface area contributed by atoms with Gasteiger partial charge in [-0.2, -0.15) is 0 Å². The molecule has 3 aromatic carbocycles. The number of nitro groups is 1. The number of carbonyl (C=O) groups is 2. The summed E-state index contributed by atoms with van der Waals surface area (Å²) in [5.41, 5.74) is 1.07. The molecule has 0 radical (unpaired) electrons. The number of anilines is 2. The molecule has 3 rings (SSSR count). The van der Waals surface area contributed by atoms with E-state index in [4.69, 9.17) is 23.2 Å². The second-order valence-corrected chi connectivity index (χ2v) is 9.01. The zero-order valence-electron chi connectivity index (χ0n) is 17.4. The number of nitrogens with one attached hydrogen (secondary N) is 2. The molecule has 170 valence electrons. The highest BCUT2D eigenvalue weighted by molar-refractivity contribution is 8.00. The Hall–Kier alpha value is -3.07. The van der Waals surface area contributed by atoms with Crippen LogP contribution in [0.15, 0.2) is 71.6 Å². The lowest BCUT2D eigenvalue weighted by atomic mass is 10.2. The molecule has 0 heterocycles. The molecule has 1 atom stereocenters. The molecule has 0 saturated carbocycles. The summed E-state index contributed by atoms with van der Waals surface area (Å²) in [6.45, 7) is 1.90. The van der Waals surface area contributed by atoms with Crippen molar-refractivity contribution < 1.29 is 14.5 Å². The first-order valence-electron chi connectivity index (χ1n) is 9.85. The van der Waals surface area contributed by atoms with E-state index in [1.54, 1.807) is 36.4 Å². The maximum atomic E-state index is 12.7. The Labute approximate surface area is 204 Å². The maximum Gasteiger partial charge on any atom is 0.270 e. The van der Waals surface area contributed by atoms with Crippen molar-refractivity contribution >= 4 is 63.8 Å². The smallest absolute Gasteiger partial charge is 0.270 e. The van der Waals surface area contributed by atoms with E-state index < -0.39 is 10.8 Å². The minimum absolute atomic E-state index is 0.161. The highest BCUT2D eigenvalue weighted by atomic mass is 35.5. The van der Waals surface area contributed by atoms with Gasteiger partial charge in [-0.1, -0.05) is 42.3 Å². The highest BCUT2D eigenvalue weighted by Gasteiger charge is 2.19. The molecular formula is C23H19Cl2N3O4S. The number of nitrogens with zero attached hydrogens (tertiary/aromatic N) is 1. The standard InChI is InChI=1S/C23H19Cl2N3O4S/c1-2-21(23(30)27-16-9-10-19(24)20(25)13-16)33-18-8-4-6-15(12-18)26-22(29)14-5-3-7-17(11-14)28(31)32/h3-13,21H,2H2,1H3,(H,26,29)(H,27,30). The summed E-state index contributed by atoms with van der Waals surface area (Å²) in [5.74, 6) is -0.655. The second kappa shape index (κ2) is 11.2. The van der Waals surface area contributed by atoms with Gasteiger partial charge in [-0.25, -0.2) is 0 Å². The summed E-state index contributed by atoms with van der Waals surface area (Å²) in [6, 6.07) is 17.4. The van der Waals surface area contributed by atoms with E-state index in [9.17, 15) is 19.7 Å². The summed E-state index contributed by atoms with van der Waals surface area (Å²) in [6.07, 6.45) is 0.572. The molecular weight excluding hydrogens is 485 g/mol. The van der Waals surface area contributed by atoms with Crippen molar-refractivity contribution in [1.82, 2.24) is 0 Å². The third kappa shape index (κ3) is 6.71. The first-order valence-corrected chi connectivity index (χ1v) is 11.5. The van der Waals surface area contributed by atoms with Crippen LogP contribution in [0.4, 0.5) is 17.1 Å². The second-order valence-electron chi connectivity index (χ2n) is 6.92. The number of amides is 2. The number of thioether (sulfide) groups is 1. The lowest BCUT2D eigenvalue weighted by Crippen LogP contribution is -2.24. The van der Waals surface area contributed by atoms with E-state index in [0.717, 1.165) is 4.90 Å². The number of rotatable bonds is 8. The van der Waals surface area contributed by atoms with Crippen molar-refractivity contribution in [2.24, 2.45) is 0 Å². The fourth-order valence-electron chi connectivity index (χ4n) is 2.89. The molecule has 0 bridgehead atoms. The fraction of sp³-hybridized carbons (Fsp3) is 0.130. The molecule has 3 aromatic rings. The van der Waals surface area contributed by atoms with Gasteiger partial charge in [0.2, 0.25) is 5.91 Å². The van der Waals surface area contributed by atoms with Gasteiger partial charge in [0.25, 0.3) is 11.6 Å². The first-order chi connectivity index (χ1) is 15.8. The SMILES string of the molecule is CCC(Sc1cccc(NC(=O)c2cccc([N+](=O)[O-])c2)c1)C(=O)Nc1ccc(Cl)c(Cl)c1. The molecule has 33 heavy (non-hydrogen) atoms. The van der Waals surface area contributed by atoms with Crippen LogP contribution in [0.3, 0.4) is 0 Å². The van der Waals surface area contributed by atoms with Crippen molar-refractivity contribution in [3.05, 3.63) is 92.5 Å². The summed E-state index contributed by atoms with van der Waals surface area (Å²) in [5, 5.41) is 16.9. The molecule has 0 aromatic heterocycles. The van der Waals surface area contributed by atoms with E-state index in [0.29, 0.717) is 27.8 Å². The predicted octanol–water partition coefficient (Wildman–Crippen LogP) is 6.66. The number of carbonyl (C=O) groups excluding carboxylic acids is 2. The van der Waals surface area contributed by atoms with Gasteiger partial charge >= 0.3 is 0 Å². The van der Waals surface area contributed by atoms with Crippen LogP contribution in [0.25, 0.3) is 0 Å². The Morgan fingerprint density at radius 3 is 2.39 bits per heavy atom. The summed E-state index contributed by atoms with van der Waals surface area (Å²) in [4.78, 5) is 36.4. The molecule has 1 unspecified atom stereocenters. The first kappa shape index (κ1) is 24.6. The highest BCUT2D eigenvalue weighted by Crippen LogP contribution is 2.30. The number of benzene rings is 3. The zero-order valence-corrected chi connectivity index (χ0v) is 19.7. The van der Waals surface area contributed by atoms with Crippen LogP contribution in [-0.4, -0.2) is 22.0 Å². The van der Waals surface area contributed by atoms with Gasteiger partial charge in [-0.3, -0.25) is 19.7 Å². The van der Waals surface area contributed by atoms with Gasteiger partial charge in [-0.05, 0) is 48.9 Å². The van der Waals surface area contributed by atoms with E-state index in [1.165, 1.54) is 36.0 Å². The molecule has 0 aliphatic carbocycles. The number of hydrogen-bond acceptors (Lipinski definition) is 5. The Morgan fingerprint density at radius 1 is 0.970 bits per heavy atom. The molecule has 0 aliphatic rings. The summed E-state index contributed by atoms with van der Waals surface area (Å²) >= 11 is 13.3. The lowest BCUT2D eigenvalue weighted by molar-refractivity contribution is -0.384. The Kier molecular flexibility index (Phi) is 8.32. The number of halogens is 2. The molecule has 2 amide bonds. The molecule has 0 saturated heterocycles.